The topological polar surface area (TPSA) is 37.5 Å². The highest BCUT2D eigenvalue weighted by atomic mass is 35.5. The first kappa shape index (κ1) is 11.4. The first-order valence-corrected chi connectivity index (χ1v) is 6.04. The van der Waals surface area contributed by atoms with Gasteiger partial charge >= 0.3 is 0 Å². The lowest BCUT2D eigenvalue weighted by molar-refractivity contribution is 0.479. The Morgan fingerprint density at radius 2 is 1.83 bits per heavy atom. The van der Waals surface area contributed by atoms with Gasteiger partial charge in [-0.2, -0.15) is 0 Å². The van der Waals surface area contributed by atoms with E-state index in [9.17, 15) is 5.11 Å². The van der Waals surface area contributed by atoms with Gasteiger partial charge in [0.25, 0.3) is 0 Å². The van der Waals surface area contributed by atoms with Crippen molar-refractivity contribution in [1.29, 1.82) is 0 Å². The van der Waals surface area contributed by atoms with E-state index in [0.717, 1.165) is 5.56 Å². The van der Waals surface area contributed by atoms with E-state index in [2.05, 4.69) is 4.98 Å². The third kappa shape index (κ3) is 1.64. The van der Waals surface area contributed by atoms with Crippen molar-refractivity contribution in [3.8, 4) is 17.1 Å². The van der Waals surface area contributed by atoms with Crippen LogP contribution in [0.2, 0.25) is 10.2 Å². The van der Waals surface area contributed by atoms with Crippen LogP contribution >= 0.6 is 23.2 Å². The highest BCUT2D eigenvalue weighted by Gasteiger charge is 2.15. The van der Waals surface area contributed by atoms with Gasteiger partial charge in [0.05, 0.1) is 5.02 Å². The Balaban J connectivity index is 2.38. The van der Waals surface area contributed by atoms with E-state index in [1.807, 2.05) is 18.2 Å². The molecule has 0 bridgehead atoms. The van der Waals surface area contributed by atoms with Crippen LogP contribution in [0, 0.1) is 0 Å². The molecule has 90 valence electrons. The molecule has 0 atom stereocenters. The predicted octanol–water partition coefficient (Wildman–Crippen LogP) is 4.01. The number of aromatic hydroxyl groups is 1. The molecule has 1 aromatic carbocycles. The van der Waals surface area contributed by atoms with E-state index < -0.39 is 0 Å². The van der Waals surface area contributed by atoms with Gasteiger partial charge in [-0.3, -0.25) is 4.40 Å². The first-order valence-electron chi connectivity index (χ1n) is 5.29. The van der Waals surface area contributed by atoms with Gasteiger partial charge in [0.2, 0.25) is 0 Å². The number of hydrogen-bond acceptors (Lipinski definition) is 2. The average molecular weight is 279 g/mol. The van der Waals surface area contributed by atoms with Crippen molar-refractivity contribution < 1.29 is 5.11 Å². The first-order chi connectivity index (χ1) is 8.68. The zero-order valence-corrected chi connectivity index (χ0v) is 10.7. The summed E-state index contributed by atoms with van der Waals surface area (Å²) in [7, 11) is 0. The molecule has 0 unspecified atom stereocenters. The Hall–Kier alpha value is -1.71. The summed E-state index contributed by atoms with van der Waals surface area (Å²) in [5.41, 5.74) is 1.25. The molecular weight excluding hydrogens is 271 g/mol. The van der Waals surface area contributed by atoms with Crippen LogP contribution in [0.15, 0.2) is 42.6 Å². The Labute approximate surface area is 113 Å². The Morgan fingerprint density at radius 3 is 2.61 bits per heavy atom. The zero-order valence-electron chi connectivity index (χ0n) is 9.14. The van der Waals surface area contributed by atoms with E-state index >= 15 is 0 Å². The van der Waals surface area contributed by atoms with Crippen LogP contribution < -0.4 is 0 Å². The lowest BCUT2D eigenvalue weighted by Gasteiger charge is -2.03. The molecule has 3 rings (SSSR count). The second-order valence-corrected chi connectivity index (χ2v) is 4.58. The van der Waals surface area contributed by atoms with Gasteiger partial charge in [-0.15, -0.1) is 0 Å². The molecule has 3 nitrogen and oxygen atoms in total. The fourth-order valence-electron chi connectivity index (χ4n) is 1.91. The summed E-state index contributed by atoms with van der Waals surface area (Å²) in [6.07, 6.45) is 1.78. The van der Waals surface area contributed by atoms with Crippen molar-refractivity contribution in [3.63, 3.8) is 0 Å². The van der Waals surface area contributed by atoms with Gasteiger partial charge in [0.1, 0.15) is 17.1 Å². The number of imidazole rings is 1. The molecule has 5 heteroatoms. The maximum Gasteiger partial charge on any atom is 0.159 e. The molecule has 0 radical (unpaired) electrons. The van der Waals surface area contributed by atoms with Crippen molar-refractivity contribution in [3.05, 3.63) is 52.8 Å². The van der Waals surface area contributed by atoms with Crippen LogP contribution in [0.5, 0.6) is 5.75 Å². The molecule has 0 aliphatic carbocycles. The second kappa shape index (κ2) is 4.19. The lowest BCUT2D eigenvalue weighted by atomic mass is 10.2. The predicted molar refractivity (Wildman–Crippen MR) is 72.3 cm³/mol. The number of aromatic nitrogens is 2. The smallest absolute Gasteiger partial charge is 0.159 e. The van der Waals surface area contributed by atoms with Crippen molar-refractivity contribution in [2.45, 2.75) is 0 Å². The average Bonchev–Trinajstić information content (AvgIpc) is 2.69. The Kier molecular flexibility index (Phi) is 2.65. The van der Waals surface area contributed by atoms with Gasteiger partial charge < -0.3 is 5.11 Å². The molecule has 18 heavy (non-hydrogen) atoms. The van der Waals surface area contributed by atoms with E-state index in [4.69, 9.17) is 23.2 Å². The van der Waals surface area contributed by atoms with Crippen molar-refractivity contribution in [2.75, 3.05) is 0 Å². The van der Waals surface area contributed by atoms with Crippen LogP contribution in [-0.2, 0) is 0 Å². The van der Waals surface area contributed by atoms with Crippen molar-refractivity contribution in [1.82, 2.24) is 9.38 Å². The largest absolute Gasteiger partial charge is 0.506 e. The van der Waals surface area contributed by atoms with Gasteiger partial charge in [0.15, 0.2) is 5.15 Å². The third-order valence-corrected chi connectivity index (χ3v) is 3.31. The summed E-state index contributed by atoms with van der Waals surface area (Å²) in [5, 5.41) is 10.6. The molecule has 0 fully saturated rings. The van der Waals surface area contributed by atoms with Crippen LogP contribution in [0.3, 0.4) is 0 Å². The fourth-order valence-corrected chi connectivity index (χ4v) is 2.40. The molecule has 2 heterocycles. The second-order valence-electron chi connectivity index (χ2n) is 3.82. The van der Waals surface area contributed by atoms with Gasteiger partial charge in [-0.25, -0.2) is 4.98 Å². The molecule has 0 spiro atoms. The number of benzene rings is 1. The molecule has 1 N–H and O–H groups in total. The number of halogens is 2. The fraction of sp³-hybridized carbons (Fsp3) is 0. The molecule has 2 aromatic heterocycles. The lowest BCUT2D eigenvalue weighted by Crippen LogP contribution is -1.89. The minimum absolute atomic E-state index is 0.0910. The quantitative estimate of drug-likeness (QED) is 0.730. The van der Waals surface area contributed by atoms with Crippen molar-refractivity contribution >= 4 is 28.7 Å². The molecule has 0 amide bonds. The van der Waals surface area contributed by atoms with E-state index in [-0.39, 0.29) is 10.9 Å². The summed E-state index contributed by atoms with van der Waals surface area (Å²) in [6.45, 7) is 0. The highest BCUT2D eigenvalue weighted by Crippen LogP contribution is 2.33. The highest BCUT2D eigenvalue weighted by molar-refractivity contribution is 6.34. The number of hydrogen-bond donors (Lipinski definition) is 1. The molecule has 0 aliphatic rings. The molecule has 0 saturated heterocycles. The summed E-state index contributed by atoms with van der Waals surface area (Å²) in [4.78, 5) is 4.27. The minimum Gasteiger partial charge on any atom is -0.506 e. The van der Waals surface area contributed by atoms with E-state index in [1.165, 1.54) is 0 Å². The van der Waals surface area contributed by atoms with E-state index in [0.29, 0.717) is 16.4 Å². The standard InChI is InChI=1S/C13H8Cl2N2O/c14-9-5-2-1-4-8(9)13-16-12(15)11-10(18)6-3-7-17(11)13/h1-7,18H. The van der Waals surface area contributed by atoms with Gasteiger partial charge in [0, 0.05) is 11.8 Å². The number of fused-ring (bicyclic) bond motifs is 1. The van der Waals surface area contributed by atoms with Crippen LogP contribution in [-0.4, -0.2) is 14.5 Å². The minimum atomic E-state index is 0.0910. The summed E-state index contributed by atoms with van der Waals surface area (Å²) in [5.74, 6) is 0.699. The Morgan fingerprint density at radius 1 is 1.06 bits per heavy atom. The van der Waals surface area contributed by atoms with Gasteiger partial charge in [-0.1, -0.05) is 35.3 Å². The number of nitrogens with zero attached hydrogens (tertiary/aromatic N) is 2. The molecule has 0 saturated carbocycles. The maximum absolute atomic E-state index is 9.80. The van der Waals surface area contributed by atoms with Crippen molar-refractivity contribution in [2.24, 2.45) is 0 Å². The van der Waals surface area contributed by atoms with Gasteiger partial charge in [-0.05, 0) is 24.3 Å². The molecule has 3 aromatic rings. The van der Waals surface area contributed by atoms with E-state index in [1.54, 1.807) is 28.8 Å². The Bertz CT molecular complexity index is 737. The van der Waals surface area contributed by atoms with Crippen LogP contribution in [0.25, 0.3) is 16.9 Å². The number of rotatable bonds is 1. The summed E-state index contributed by atoms with van der Waals surface area (Å²) in [6, 6.07) is 10.7. The SMILES string of the molecule is Oc1cccn2c(-c3ccccc3Cl)nc(Cl)c12. The normalized spacial score (nSPS) is 11.0. The number of pyridine rings is 1. The summed E-state index contributed by atoms with van der Waals surface area (Å²) >= 11 is 12.2. The van der Waals surface area contributed by atoms with Crippen LogP contribution in [0.4, 0.5) is 0 Å². The molecular formula is C13H8Cl2N2O. The summed E-state index contributed by atoms with van der Waals surface area (Å²) < 4.78 is 1.72. The third-order valence-electron chi connectivity index (χ3n) is 2.72. The maximum atomic E-state index is 9.80. The van der Waals surface area contributed by atoms with Crippen LogP contribution in [0.1, 0.15) is 0 Å². The monoisotopic (exact) mass is 278 g/mol. The zero-order chi connectivity index (χ0) is 12.7. The molecule has 0 aliphatic heterocycles.